The molecule has 0 bridgehead atoms. The molecule has 0 aliphatic rings. The lowest BCUT2D eigenvalue weighted by molar-refractivity contribution is -0.145. The summed E-state index contributed by atoms with van der Waals surface area (Å²) in [5.74, 6) is -1.34. The van der Waals surface area contributed by atoms with Gasteiger partial charge >= 0.3 is 5.97 Å². The molecule has 0 aromatic heterocycles. The van der Waals surface area contributed by atoms with Crippen LogP contribution in [-0.4, -0.2) is 54.7 Å². The normalized spacial score (nSPS) is 13.5. The molecular formula is C21H31N5O5. The second kappa shape index (κ2) is 14.0. The van der Waals surface area contributed by atoms with E-state index >= 15 is 0 Å². The second-order valence-corrected chi connectivity index (χ2v) is 7.63. The molecule has 0 saturated carbocycles. The minimum absolute atomic E-state index is 0.0485. The highest BCUT2D eigenvalue weighted by Crippen LogP contribution is 2.09. The lowest BCUT2D eigenvalue weighted by atomic mass is 10.0. The van der Waals surface area contributed by atoms with Gasteiger partial charge in [-0.15, -0.1) is 0 Å². The number of ether oxygens (including phenoxy) is 1. The highest BCUT2D eigenvalue weighted by molar-refractivity contribution is 5.91. The van der Waals surface area contributed by atoms with Crippen LogP contribution in [-0.2, 0) is 25.5 Å². The van der Waals surface area contributed by atoms with E-state index in [9.17, 15) is 19.5 Å². The van der Waals surface area contributed by atoms with Gasteiger partial charge in [0.25, 0.3) is 0 Å². The van der Waals surface area contributed by atoms with E-state index in [1.165, 1.54) is 7.11 Å². The Bertz CT molecular complexity index is 765. The van der Waals surface area contributed by atoms with Crippen LogP contribution in [0.4, 0.5) is 0 Å². The summed E-state index contributed by atoms with van der Waals surface area (Å²) in [6.07, 6.45) is -0.279. The van der Waals surface area contributed by atoms with Crippen LogP contribution in [0.2, 0.25) is 0 Å². The molecular weight excluding hydrogens is 402 g/mol. The first-order valence-corrected chi connectivity index (χ1v) is 10.2. The van der Waals surface area contributed by atoms with Crippen molar-refractivity contribution in [2.45, 2.75) is 57.7 Å². The Hall–Kier alpha value is -3.10. The van der Waals surface area contributed by atoms with Crippen molar-refractivity contribution in [1.29, 1.82) is 0 Å². The van der Waals surface area contributed by atoms with E-state index in [1.807, 2.05) is 44.2 Å². The molecule has 0 heterocycles. The fraction of sp³-hybridized carbons (Fsp3) is 0.571. The maximum Gasteiger partial charge on any atom is 0.328 e. The fourth-order valence-electron chi connectivity index (χ4n) is 2.95. The molecule has 1 rings (SSSR count). The number of azide groups is 1. The van der Waals surface area contributed by atoms with Crippen LogP contribution in [0.15, 0.2) is 35.4 Å². The number of amides is 2. The number of nitrogens with one attached hydrogen (secondary N) is 2. The Morgan fingerprint density at radius 2 is 1.84 bits per heavy atom. The van der Waals surface area contributed by atoms with Crippen molar-refractivity contribution in [3.05, 3.63) is 46.3 Å². The van der Waals surface area contributed by atoms with Crippen molar-refractivity contribution in [2.75, 3.05) is 13.7 Å². The van der Waals surface area contributed by atoms with Crippen LogP contribution >= 0.6 is 0 Å². The van der Waals surface area contributed by atoms with Gasteiger partial charge in [-0.2, -0.15) is 0 Å². The van der Waals surface area contributed by atoms with Crippen LogP contribution in [0.1, 0.15) is 38.7 Å². The van der Waals surface area contributed by atoms with Gasteiger partial charge in [0.05, 0.1) is 19.8 Å². The third-order valence-corrected chi connectivity index (χ3v) is 4.50. The summed E-state index contributed by atoms with van der Waals surface area (Å²) in [5, 5.41) is 18.3. The van der Waals surface area contributed by atoms with Gasteiger partial charge in [0, 0.05) is 17.8 Å². The molecule has 0 spiro atoms. The zero-order valence-electron chi connectivity index (χ0n) is 18.2. The molecule has 1 aromatic carbocycles. The SMILES string of the molecule is COC(=O)[C@H](CC(C)C)NC(=O)[C@H](Cc1ccccc1)NC(=O)CC[C@@H](O)CN=[N+]=[N-]. The Balaban J connectivity index is 2.86. The molecule has 31 heavy (non-hydrogen) atoms. The molecule has 170 valence electrons. The average molecular weight is 434 g/mol. The van der Waals surface area contributed by atoms with Crippen molar-refractivity contribution in [3.63, 3.8) is 0 Å². The summed E-state index contributed by atoms with van der Waals surface area (Å²) in [5.41, 5.74) is 9.12. The number of esters is 1. The number of aliphatic hydroxyl groups excluding tert-OH is 1. The van der Waals surface area contributed by atoms with Crippen molar-refractivity contribution in [3.8, 4) is 0 Å². The maximum absolute atomic E-state index is 12.9. The standard InChI is InChI=1S/C21H31N5O5/c1-14(2)11-18(21(30)31-3)25-20(29)17(12-15-7-5-4-6-8-15)24-19(28)10-9-16(27)13-23-26-22/h4-8,14,16-18,27H,9-13H2,1-3H3,(H,24,28)(H,25,29)/t16-,17+,18+/m1/s1. The van der Waals surface area contributed by atoms with Crippen LogP contribution < -0.4 is 10.6 Å². The van der Waals surface area contributed by atoms with Crippen molar-refractivity contribution >= 4 is 17.8 Å². The maximum atomic E-state index is 12.9. The van der Waals surface area contributed by atoms with Crippen molar-refractivity contribution in [2.24, 2.45) is 11.0 Å². The Morgan fingerprint density at radius 3 is 2.42 bits per heavy atom. The predicted octanol–water partition coefficient (Wildman–Crippen LogP) is 1.87. The van der Waals surface area contributed by atoms with E-state index in [4.69, 9.17) is 10.3 Å². The highest BCUT2D eigenvalue weighted by atomic mass is 16.5. The number of carbonyl (C=O) groups excluding carboxylic acids is 3. The van der Waals surface area contributed by atoms with Gasteiger partial charge in [0.15, 0.2) is 0 Å². The second-order valence-electron chi connectivity index (χ2n) is 7.63. The Morgan fingerprint density at radius 1 is 1.16 bits per heavy atom. The molecule has 1 aromatic rings. The number of hydrogen-bond donors (Lipinski definition) is 3. The van der Waals surface area contributed by atoms with Crippen LogP contribution in [0.25, 0.3) is 10.4 Å². The average Bonchev–Trinajstić information content (AvgIpc) is 2.75. The van der Waals surface area contributed by atoms with E-state index in [0.29, 0.717) is 6.42 Å². The van der Waals surface area contributed by atoms with Gasteiger partial charge in [-0.3, -0.25) is 9.59 Å². The minimum atomic E-state index is -0.946. The van der Waals surface area contributed by atoms with E-state index in [-0.39, 0.29) is 31.7 Å². The summed E-state index contributed by atoms with van der Waals surface area (Å²) < 4.78 is 4.79. The first-order valence-electron chi connectivity index (χ1n) is 10.2. The summed E-state index contributed by atoms with van der Waals surface area (Å²) >= 11 is 0. The van der Waals surface area contributed by atoms with Gasteiger partial charge in [-0.25, -0.2) is 4.79 Å². The molecule has 0 radical (unpaired) electrons. The zero-order chi connectivity index (χ0) is 23.2. The third-order valence-electron chi connectivity index (χ3n) is 4.50. The lowest BCUT2D eigenvalue weighted by Gasteiger charge is -2.23. The van der Waals surface area contributed by atoms with Gasteiger partial charge in [-0.1, -0.05) is 49.3 Å². The fourth-order valence-corrected chi connectivity index (χ4v) is 2.95. The van der Waals surface area contributed by atoms with Gasteiger partial charge in [0.2, 0.25) is 11.8 Å². The predicted molar refractivity (Wildman–Crippen MR) is 115 cm³/mol. The molecule has 0 fully saturated rings. The van der Waals surface area contributed by atoms with Gasteiger partial charge in [-0.05, 0) is 29.9 Å². The molecule has 3 atom stereocenters. The number of rotatable bonds is 13. The number of benzene rings is 1. The molecule has 0 aliphatic heterocycles. The quantitative estimate of drug-likeness (QED) is 0.187. The minimum Gasteiger partial charge on any atom is -0.467 e. The van der Waals surface area contributed by atoms with E-state index in [0.717, 1.165) is 5.56 Å². The van der Waals surface area contributed by atoms with Crippen LogP contribution in [0.5, 0.6) is 0 Å². The number of aliphatic hydroxyl groups is 1. The number of nitrogens with zero attached hydrogens (tertiary/aromatic N) is 3. The smallest absolute Gasteiger partial charge is 0.328 e. The summed E-state index contributed by atoms with van der Waals surface area (Å²) in [6.45, 7) is 3.72. The van der Waals surface area contributed by atoms with Crippen molar-refractivity contribution < 1.29 is 24.2 Å². The monoisotopic (exact) mass is 433 g/mol. The summed E-state index contributed by atoms with van der Waals surface area (Å²) in [4.78, 5) is 39.9. The highest BCUT2D eigenvalue weighted by Gasteiger charge is 2.28. The van der Waals surface area contributed by atoms with E-state index < -0.39 is 36.0 Å². The van der Waals surface area contributed by atoms with Crippen LogP contribution in [0, 0.1) is 5.92 Å². The molecule has 10 heteroatoms. The van der Waals surface area contributed by atoms with Gasteiger partial charge in [0.1, 0.15) is 12.1 Å². The largest absolute Gasteiger partial charge is 0.467 e. The third kappa shape index (κ3) is 10.5. The number of carbonyl (C=O) groups is 3. The molecule has 10 nitrogen and oxygen atoms in total. The number of hydrogen-bond acceptors (Lipinski definition) is 6. The Labute approximate surface area is 182 Å². The summed E-state index contributed by atoms with van der Waals surface area (Å²) in [6, 6.07) is 7.44. The lowest BCUT2D eigenvalue weighted by Crippen LogP contribution is -2.53. The van der Waals surface area contributed by atoms with Gasteiger partial charge < -0.3 is 20.5 Å². The zero-order valence-corrected chi connectivity index (χ0v) is 18.2. The number of methoxy groups -OCH3 is 1. The molecule has 2 amide bonds. The first kappa shape index (κ1) is 25.9. The van der Waals surface area contributed by atoms with E-state index in [1.54, 1.807) is 0 Å². The molecule has 0 aliphatic carbocycles. The first-order chi connectivity index (χ1) is 14.8. The molecule has 3 N–H and O–H groups in total. The topological polar surface area (TPSA) is 153 Å². The molecule has 0 saturated heterocycles. The summed E-state index contributed by atoms with van der Waals surface area (Å²) in [7, 11) is 1.26. The Kier molecular flexibility index (Phi) is 11.7. The molecule has 0 unspecified atom stereocenters. The van der Waals surface area contributed by atoms with E-state index in [2.05, 4.69) is 20.7 Å². The van der Waals surface area contributed by atoms with Crippen LogP contribution in [0.3, 0.4) is 0 Å². The van der Waals surface area contributed by atoms with Crippen molar-refractivity contribution in [1.82, 2.24) is 10.6 Å².